The van der Waals surface area contributed by atoms with Gasteiger partial charge in [-0.15, -0.1) is 0 Å². The zero-order valence-corrected chi connectivity index (χ0v) is 10.5. The second kappa shape index (κ2) is 9.41. The Balaban J connectivity index is 4.06. The fourth-order valence-electron chi connectivity index (χ4n) is 1.32. The lowest BCUT2D eigenvalue weighted by molar-refractivity contribution is -0.144. The van der Waals surface area contributed by atoms with Gasteiger partial charge in [0.1, 0.15) is 6.04 Å². The Hall–Kier alpha value is -1.63. The van der Waals surface area contributed by atoms with E-state index in [4.69, 9.17) is 10.8 Å². The molecule has 0 spiro atoms. The number of amides is 1. The number of nitrogens with one attached hydrogen (secondary N) is 1. The summed E-state index contributed by atoms with van der Waals surface area (Å²) in [4.78, 5) is 33.2. The Bertz CT molecular complexity index is 293. The standard InChI is InChI=1S/C11H20N2O5/c1-18-10(15)6-5-8(11(16)17)13-9(14)4-2-3-7-12/h8H,2-7,12H2,1H3,(H,13,14)(H,16,17)/t8-/m0/s1. The lowest BCUT2D eigenvalue weighted by Gasteiger charge is -2.13. The van der Waals surface area contributed by atoms with E-state index < -0.39 is 18.0 Å². The number of carbonyl (C=O) groups excluding carboxylic acids is 2. The summed E-state index contributed by atoms with van der Waals surface area (Å²) in [5.74, 6) is -2.01. The molecule has 0 aliphatic carbocycles. The molecule has 7 heteroatoms. The van der Waals surface area contributed by atoms with Crippen LogP contribution in [0, 0.1) is 0 Å². The summed E-state index contributed by atoms with van der Waals surface area (Å²) in [5.41, 5.74) is 5.28. The van der Waals surface area contributed by atoms with Crippen LogP contribution in [-0.4, -0.2) is 42.6 Å². The Kier molecular flexibility index (Phi) is 8.55. The molecule has 0 radical (unpaired) electrons. The summed E-state index contributed by atoms with van der Waals surface area (Å²) >= 11 is 0. The van der Waals surface area contributed by atoms with E-state index in [9.17, 15) is 14.4 Å². The normalized spacial score (nSPS) is 11.7. The van der Waals surface area contributed by atoms with E-state index in [-0.39, 0.29) is 25.2 Å². The molecule has 0 fully saturated rings. The summed E-state index contributed by atoms with van der Waals surface area (Å²) in [6.45, 7) is 0.498. The van der Waals surface area contributed by atoms with Crippen LogP contribution in [0.3, 0.4) is 0 Å². The van der Waals surface area contributed by atoms with Crippen LogP contribution in [0.1, 0.15) is 32.1 Å². The predicted molar refractivity (Wildman–Crippen MR) is 63.7 cm³/mol. The highest BCUT2D eigenvalue weighted by atomic mass is 16.5. The molecule has 0 saturated carbocycles. The van der Waals surface area contributed by atoms with Gasteiger partial charge in [0.15, 0.2) is 0 Å². The largest absolute Gasteiger partial charge is 0.480 e. The van der Waals surface area contributed by atoms with Crippen LogP contribution in [0.25, 0.3) is 0 Å². The van der Waals surface area contributed by atoms with Gasteiger partial charge in [0, 0.05) is 12.8 Å². The molecule has 4 N–H and O–H groups in total. The van der Waals surface area contributed by atoms with Crippen molar-refractivity contribution in [1.29, 1.82) is 0 Å². The molecular formula is C11H20N2O5. The van der Waals surface area contributed by atoms with Gasteiger partial charge in [0.25, 0.3) is 0 Å². The molecule has 7 nitrogen and oxygen atoms in total. The number of carboxylic acids is 1. The number of unbranched alkanes of at least 4 members (excludes halogenated alkanes) is 1. The summed E-state index contributed by atoms with van der Waals surface area (Å²) in [6.07, 6.45) is 1.54. The Morgan fingerprint density at radius 3 is 2.44 bits per heavy atom. The summed E-state index contributed by atoms with van der Waals surface area (Å²) in [5, 5.41) is 11.3. The first-order chi connectivity index (χ1) is 8.51. The SMILES string of the molecule is COC(=O)CC[C@H](NC(=O)CCCCN)C(=O)O. The molecule has 0 aromatic rings. The molecule has 0 saturated heterocycles. The molecule has 0 heterocycles. The monoisotopic (exact) mass is 260 g/mol. The molecule has 0 rings (SSSR count). The molecule has 0 aromatic carbocycles. The van der Waals surface area contributed by atoms with Crippen molar-refractivity contribution >= 4 is 17.8 Å². The molecule has 0 bridgehead atoms. The van der Waals surface area contributed by atoms with Gasteiger partial charge in [-0.25, -0.2) is 4.79 Å². The topological polar surface area (TPSA) is 119 Å². The fraction of sp³-hybridized carbons (Fsp3) is 0.727. The van der Waals surface area contributed by atoms with Gasteiger partial charge >= 0.3 is 11.9 Å². The van der Waals surface area contributed by atoms with Crippen LogP contribution < -0.4 is 11.1 Å². The van der Waals surface area contributed by atoms with E-state index in [2.05, 4.69) is 10.1 Å². The minimum absolute atomic E-state index is 0.0185. The van der Waals surface area contributed by atoms with E-state index >= 15 is 0 Å². The zero-order chi connectivity index (χ0) is 14.0. The van der Waals surface area contributed by atoms with Crippen molar-refractivity contribution in [3.63, 3.8) is 0 Å². The summed E-state index contributed by atoms with van der Waals surface area (Å²) < 4.78 is 4.41. The Labute approximate surface area is 106 Å². The van der Waals surface area contributed by atoms with Crippen molar-refractivity contribution in [2.75, 3.05) is 13.7 Å². The van der Waals surface area contributed by atoms with Crippen LogP contribution in [0.15, 0.2) is 0 Å². The van der Waals surface area contributed by atoms with Crippen LogP contribution in [0.4, 0.5) is 0 Å². The fourth-order valence-corrected chi connectivity index (χ4v) is 1.32. The predicted octanol–water partition coefficient (Wildman–Crippen LogP) is -0.362. The van der Waals surface area contributed by atoms with Crippen molar-refractivity contribution in [1.82, 2.24) is 5.32 Å². The molecule has 1 amide bonds. The van der Waals surface area contributed by atoms with E-state index in [1.54, 1.807) is 0 Å². The van der Waals surface area contributed by atoms with E-state index in [1.807, 2.05) is 0 Å². The van der Waals surface area contributed by atoms with Gasteiger partial charge in [-0.1, -0.05) is 0 Å². The molecule has 104 valence electrons. The first kappa shape index (κ1) is 16.4. The third-order valence-electron chi connectivity index (χ3n) is 2.36. The number of methoxy groups -OCH3 is 1. The van der Waals surface area contributed by atoms with Crippen LogP contribution in [0.2, 0.25) is 0 Å². The number of aliphatic carboxylic acids is 1. The average Bonchev–Trinajstić information content (AvgIpc) is 2.33. The second-order valence-corrected chi connectivity index (χ2v) is 3.82. The number of hydrogen-bond acceptors (Lipinski definition) is 5. The van der Waals surface area contributed by atoms with Gasteiger partial charge in [0.05, 0.1) is 7.11 Å². The summed E-state index contributed by atoms with van der Waals surface area (Å²) in [6, 6.07) is -1.06. The van der Waals surface area contributed by atoms with Crippen LogP contribution in [0.5, 0.6) is 0 Å². The van der Waals surface area contributed by atoms with Crippen molar-refractivity contribution in [2.24, 2.45) is 5.73 Å². The van der Waals surface area contributed by atoms with E-state index in [0.717, 1.165) is 0 Å². The Morgan fingerprint density at radius 2 is 1.94 bits per heavy atom. The average molecular weight is 260 g/mol. The third-order valence-corrected chi connectivity index (χ3v) is 2.36. The molecule has 0 aliphatic heterocycles. The second-order valence-electron chi connectivity index (χ2n) is 3.82. The van der Waals surface area contributed by atoms with Crippen molar-refractivity contribution < 1.29 is 24.2 Å². The highest BCUT2D eigenvalue weighted by Crippen LogP contribution is 2.01. The van der Waals surface area contributed by atoms with Crippen LogP contribution >= 0.6 is 0 Å². The first-order valence-corrected chi connectivity index (χ1v) is 5.80. The molecule has 18 heavy (non-hydrogen) atoms. The lowest BCUT2D eigenvalue weighted by atomic mass is 10.1. The maximum absolute atomic E-state index is 11.4. The number of hydrogen-bond donors (Lipinski definition) is 3. The molecule has 1 atom stereocenters. The van der Waals surface area contributed by atoms with Gasteiger partial charge in [-0.2, -0.15) is 0 Å². The van der Waals surface area contributed by atoms with E-state index in [1.165, 1.54) is 7.11 Å². The molecule has 0 aromatic heterocycles. The van der Waals surface area contributed by atoms with Gasteiger partial charge in [-0.05, 0) is 25.8 Å². The first-order valence-electron chi connectivity index (χ1n) is 5.80. The number of carboxylic acid groups (broad SMARTS) is 1. The van der Waals surface area contributed by atoms with Crippen LogP contribution in [-0.2, 0) is 19.1 Å². The van der Waals surface area contributed by atoms with Crippen molar-refractivity contribution in [3.8, 4) is 0 Å². The Morgan fingerprint density at radius 1 is 1.28 bits per heavy atom. The van der Waals surface area contributed by atoms with Crippen molar-refractivity contribution in [2.45, 2.75) is 38.1 Å². The number of nitrogens with two attached hydrogens (primary N) is 1. The minimum atomic E-state index is -1.16. The quantitative estimate of drug-likeness (QED) is 0.385. The number of carbonyl (C=O) groups is 3. The van der Waals surface area contributed by atoms with Crippen molar-refractivity contribution in [3.05, 3.63) is 0 Å². The highest BCUT2D eigenvalue weighted by molar-refractivity contribution is 5.83. The molecule has 0 unspecified atom stereocenters. The smallest absolute Gasteiger partial charge is 0.326 e. The third kappa shape index (κ3) is 7.61. The number of esters is 1. The lowest BCUT2D eigenvalue weighted by Crippen LogP contribution is -2.41. The number of rotatable bonds is 9. The van der Waals surface area contributed by atoms with Gasteiger partial charge in [-0.3, -0.25) is 9.59 Å². The van der Waals surface area contributed by atoms with E-state index in [0.29, 0.717) is 19.4 Å². The maximum Gasteiger partial charge on any atom is 0.326 e. The van der Waals surface area contributed by atoms with Gasteiger partial charge < -0.3 is 20.9 Å². The zero-order valence-electron chi connectivity index (χ0n) is 10.5. The molecule has 0 aliphatic rings. The van der Waals surface area contributed by atoms with Gasteiger partial charge in [0.2, 0.25) is 5.91 Å². The highest BCUT2D eigenvalue weighted by Gasteiger charge is 2.20. The molecular weight excluding hydrogens is 240 g/mol. The number of ether oxygens (including phenoxy) is 1. The summed E-state index contributed by atoms with van der Waals surface area (Å²) in [7, 11) is 1.23. The minimum Gasteiger partial charge on any atom is -0.480 e. The maximum atomic E-state index is 11.4.